The quantitative estimate of drug-likeness (QED) is 0.654. The van der Waals surface area contributed by atoms with Crippen molar-refractivity contribution in [1.82, 2.24) is 9.88 Å². The van der Waals surface area contributed by atoms with Gasteiger partial charge in [0.15, 0.2) is 0 Å². The zero-order valence-electron chi connectivity index (χ0n) is 16.8. The van der Waals surface area contributed by atoms with Gasteiger partial charge in [0.2, 0.25) is 0 Å². The Balaban J connectivity index is 1.70. The van der Waals surface area contributed by atoms with Crippen LogP contribution in [0.25, 0.3) is 10.9 Å². The largest absolute Gasteiger partial charge is 0.350 e. The van der Waals surface area contributed by atoms with Gasteiger partial charge in [-0.2, -0.15) is 0 Å². The molecule has 4 rings (SSSR count). The molecule has 0 unspecified atom stereocenters. The molecule has 2 heterocycles. The van der Waals surface area contributed by atoms with E-state index in [0.29, 0.717) is 21.8 Å². The van der Waals surface area contributed by atoms with E-state index in [9.17, 15) is 14.0 Å². The average Bonchev–Trinajstić information content (AvgIpc) is 3.18. The summed E-state index contributed by atoms with van der Waals surface area (Å²) in [4.78, 5) is 27.1. The SMILES string of the molecule is CC(C)NC(=O)c1c(NC(=O)c2cc3ccc(F)cc3n2C)sc2c1CCCC2. The summed E-state index contributed by atoms with van der Waals surface area (Å²) in [6.07, 6.45) is 3.94. The van der Waals surface area contributed by atoms with E-state index in [4.69, 9.17) is 0 Å². The summed E-state index contributed by atoms with van der Waals surface area (Å²) in [5, 5.41) is 7.30. The van der Waals surface area contributed by atoms with Crippen LogP contribution in [0.1, 0.15) is 58.0 Å². The van der Waals surface area contributed by atoms with Crippen molar-refractivity contribution in [2.24, 2.45) is 7.05 Å². The minimum Gasteiger partial charge on any atom is -0.350 e. The number of nitrogens with one attached hydrogen (secondary N) is 2. The lowest BCUT2D eigenvalue weighted by molar-refractivity contribution is 0.0943. The van der Waals surface area contributed by atoms with E-state index >= 15 is 0 Å². The zero-order chi connectivity index (χ0) is 20.7. The van der Waals surface area contributed by atoms with E-state index in [2.05, 4.69) is 10.6 Å². The number of halogens is 1. The Bertz CT molecular complexity index is 1110. The molecule has 1 aliphatic carbocycles. The number of rotatable bonds is 4. The molecule has 2 N–H and O–H groups in total. The highest BCUT2D eigenvalue weighted by atomic mass is 32.1. The second-order valence-electron chi connectivity index (χ2n) is 7.79. The fourth-order valence-electron chi connectivity index (χ4n) is 3.92. The smallest absolute Gasteiger partial charge is 0.272 e. The molecule has 1 aromatic carbocycles. The molecule has 0 radical (unpaired) electrons. The van der Waals surface area contributed by atoms with Crippen LogP contribution in [0.15, 0.2) is 24.3 Å². The zero-order valence-corrected chi connectivity index (χ0v) is 17.6. The number of benzene rings is 1. The van der Waals surface area contributed by atoms with Crippen molar-refractivity contribution in [2.75, 3.05) is 5.32 Å². The minimum atomic E-state index is -0.343. The molecule has 0 aliphatic heterocycles. The van der Waals surface area contributed by atoms with Crippen molar-refractivity contribution >= 4 is 39.1 Å². The summed E-state index contributed by atoms with van der Waals surface area (Å²) in [6, 6.07) is 6.21. The molecular formula is C22H24FN3O2S. The topological polar surface area (TPSA) is 63.1 Å². The number of carbonyl (C=O) groups is 2. The maximum atomic E-state index is 13.6. The van der Waals surface area contributed by atoms with Crippen LogP contribution in [0.2, 0.25) is 0 Å². The van der Waals surface area contributed by atoms with Crippen molar-refractivity contribution in [3.8, 4) is 0 Å². The van der Waals surface area contributed by atoms with Crippen LogP contribution in [0.3, 0.4) is 0 Å². The Kier molecular flexibility index (Phi) is 5.17. The van der Waals surface area contributed by atoms with Crippen LogP contribution in [0, 0.1) is 5.82 Å². The van der Waals surface area contributed by atoms with Gasteiger partial charge in [-0.1, -0.05) is 0 Å². The molecule has 7 heteroatoms. The fraction of sp³-hybridized carbons (Fsp3) is 0.364. The van der Waals surface area contributed by atoms with Gasteiger partial charge < -0.3 is 15.2 Å². The lowest BCUT2D eigenvalue weighted by Crippen LogP contribution is -2.31. The molecule has 0 spiro atoms. The van der Waals surface area contributed by atoms with E-state index < -0.39 is 0 Å². The fourth-order valence-corrected chi connectivity index (χ4v) is 5.20. The molecule has 29 heavy (non-hydrogen) atoms. The van der Waals surface area contributed by atoms with E-state index in [0.717, 1.165) is 36.6 Å². The molecule has 5 nitrogen and oxygen atoms in total. The minimum absolute atomic E-state index is 0.0123. The number of hydrogen-bond donors (Lipinski definition) is 2. The highest BCUT2D eigenvalue weighted by molar-refractivity contribution is 7.17. The van der Waals surface area contributed by atoms with Crippen LogP contribution in [-0.4, -0.2) is 22.4 Å². The highest BCUT2D eigenvalue weighted by Crippen LogP contribution is 2.38. The standard InChI is InChI=1S/C22H24FN3O2S/c1-12(2)24-21(28)19-15-6-4-5-7-18(15)29-22(19)25-20(27)17-10-13-8-9-14(23)11-16(13)26(17)3/h8-12H,4-7H2,1-3H3,(H,24,28)(H,25,27). The van der Waals surface area contributed by atoms with Gasteiger partial charge in [-0.05, 0) is 69.4 Å². The summed E-state index contributed by atoms with van der Waals surface area (Å²) in [6.45, 7) is 3.84. The summed E-state index contributed by atoms with van der Waals surface area (Å²) in [5.41, 5.74) is 2.73. The average molecular weight is 414 g/mol. The molecule has 2 amide bonds. The number of nitrogens with zero attached hydrogens (tertiary/aromatic N) is 1. The van der Waals surface area contributed by atoms with Crippen LogP contribution >= 0.6 is 11.3 Å². The van der Waals surface area contributed by atoms with Gasteiger partial charge >= 0.3 is 0 Å². The van der Waals surface area contributed by atoms with E-state index in [1.807, 2.05) is 13.8 Å². The van der Waals surface area contributed by atoms with Gasteiger partial charge in [0.25, 0.3) is 11.8 Å². The summed E-state index contributed by atoms with van der Waals surface area (Å²) in [5.74, 6) is -0.792. The Morgan fingerprint density at radius 3 is 2.66 bits per heavy atom. The third kappa shape index (κ3) is 3.67. The predicted molar refractivity (Wildman–Crippen MR) is 114 cm³/mol. The van der Waals surface area contributed by atoms with Gasteiger partial charge in [-0.25, -0.2) is 4.39 Å². The molecule has 3 aromatic rings. The predicted octanol–water partition coefficient (Wildman–Crippen LogP) is 4.65. The maximum absolute atomic E-state index is 13.6. The van der Waals surface area contributed by atoms with Crippen molar-refractivity contribution < 1.29 is 14.0 Å². The molecule has 0 saturated carbocycles. The molecule has 0 fully saturated rings. The van der Waals surface area contributed by atoms with Crippen LogP contribution in [0.5, 0.6) is 0 Å². The summed E-state index contributed by atoms with van der Waals surface area (Å²) in [7, 11) is 1.74. The number of hydrogen-bond acceptors (Lipinski definition) is 3. The van der Waals surface area contributed by atoms with Gasteiger partial charge in [-0.3, -0.25) is 9.59 Å². The molecular weight excluding hydrogens is 389 g/mol. The number of thiophene rings is 1. The third-order valence-electron chi connectivity index (χ3n) is 5.29. The molecule has 1 aliphatic rings. The monoisotopic (exact) mass is 413 g/mol. The highest BCUT2D eigenvalue weighted by Gasteiger charge is 2.27. The Hall–Kier alpha value is -2.67. The van der Waals surface area contributed by atoms with Gasteiger partial charge in [0.1, 0.15) is 16.5 Å². The van der Waals surface area contributed by atoms with Gasteiger partial charge in [-0.15, -0.1) is 11.3 Å². The van der Waals surface area contributed by atoms with Gasteiger partial charge in [0.05, 0.1) is 11.1 Å². The molecule has 0 bridgehead atoms. The normalized spacial score (nSPS) is 13.6. The molecule has 152 valence electrons. The third-order valence-corrected chi connectivity index (χ3v) is 6.49. The lowest BCUT2D eigenvalue weighted by atomic mass is 9.95. The van der Waals surface area contributed by atoms with Crippen molar-refractivity contribution in [3.05, 3.63) is 51.8 Å². The number of aromatic nitrogens is 1. The van der Waals surface area contributed by atoms with Crippen molar-refractivity contribution in [3.63, 3.8) is 0 Å². The van der Waals surface area contributed by atoms with E-state index in [-0.39, 0.29) is 23.7 Å². The summed E-state index contributed by atoms with van der Waals surface area (Å²) >= 11 is 1.49. The molecule has 0 atom stereocenters. The maximum Gasteiger partial charge on any atom is 0.272 e. The second-order valence-corrected chi connectivity index (χ2v) is 8.89. The van der Waals surface area contributed by atoms with Crippen LogP contribution in [-0.2, 0) is 19.9 Å². The van der Waals surface area contributed by atoms with Crippen LogP contribution < -0.4 is 10.6 Å². The first kappa shape index (κ1) is 19.6. The number of aryl methyl sites for hydroxylation is 2. The molecule has 0 saturated heterocycles. The lowest BCUT2D eigenvalue weighted by Gasteiger charge is -2.14. The van der Waals surface area contributed by atoms with Crippen molar-refractivity contribution in [2.45, 2.75) is 45.6 Å². The van der Waals surface area contributed by atoms with Gasteiger partial charge in [0, 0.05) is 23.4 Å². The number of carbonyl (C=O) groups excluding carboxylic acids is 2. The Labute approximate surface area is 172 Å². The number of amides is 2. The first-order valence-corrected chi connectivity index (χ1v) is 10.7. The Morgan fingerprint density at radius 1 is 1.14 bits per heavy atom. The first-order chi connectivity index (χ1) is 13.8. The summed E-state index contributed by atoms with van der Waals surface area (Å²) < 4.78 is 15.3. The van der Waals surface area contributed by atoms with Crippen molar-refractivity contribution in [1.29, 1.82) is 0 Å². The van der Waals surface area contributed by atoms with E-state index in [1.54, 1.807) is 23.7 Å². The van der Waals surface area contributed by atoms with E-state index in [1.165, 1.54) is 28.3 Å². The molecule has 2 aromatic heterocycles. The number of fused-ring (bicyclic) bond motifs is 2. The first-order valence-electron chi connectivity index (χ1n) is 9.87. The second kappa shape index (κ2) is 7.63. The Morgan fingerprint density at radius 2 is 1.90 bits per heavy atom. The van der Waals surface area contributed by atoms with Crippen LogP contribution in [0.4, 0.5) is 9.39 Å². The number of anilines is 1.